The number of benzene rings is 3. The van der Waals surface area contributed by atoms with Crippen molar-refractivity contribution in [1.82, 2.24) is 10.2 Å². The molecule has 0 aliphatic heterocycles. The molecule has 0 saturated carbocycles. The second-order valence-corrected chi connectivity index (χ2v) is 11.1. The third-order valence-corrected chi connectivity index (χ3v) is 7.48. The molecule has 3 aromatic rings. The summed E-state index contributed by atoms with van der Waals surface area (Å²) in [6.45, 7) is 2.88. The number of aryl methyl sites for hydroxylation is 1. The molecule has 0 fully saturated rings. The van der Waals surface area contributed by atoms with Gasteiger partial charge in [-0.05, 0) is 42.7 Å². The highest BCUT2D eigenvalue weighted by Crippen LogP contribution is 2.22. The standard InChI is InChI=1S/C29H33N3O5S/c1-21-11-8-9-14-25(21)19-31(27(29(35)30-3)17-23-12-6-5-7-13-23)28(34)20-32(38(4,36)37)26-16-10-15-24(18-26)22(2)33/h5-16,18,27H,17,19-20H2,1-4H3,(H,30,35)/t27-/m1/s1. The van der Waals surface area contributed by atoms with Crippen molar-refractivity contribution in [3.05, 3.63) is 101 Å². The molecule has 0 bridgehead atoms. The van der Waals surface area contributed by atoms with E-state index in [0.717, 1.165) is 27.3 Å². The van der Waals surface area contributed by atoms with Crippen molar-refractivity contribution in [2.45, 2.75) is 32.9 Å². The summed E-state index contributed by atoms with van der Waals surface area (Å²) in [5, 5.41) is 2.65. The number of Topliss-reactive ketones (excluding diaryl/α,β-unsaturated/α-hetero) is 1. The van der Waals surface area contributed by atoms with E-state index in [1.807, 2.05) is 61.5 Å². The Balaban J connectivity index is 2.05. The summed E-state index contributed by atoms with van der Waals surface area (Å²) in [6, 6.07) is 22.1. The fourth-order valence-electron chi connectivity index (χ4n) is 4.19. The van der Waals surface area contributed by atoms with Crippen LogP contribution in [0.5, 0.6) is 0 Å². The number of ketones is 1. The van der Waals surface area contributed by atoms with Gasteiger partial charge < -0.3 is 10.2 Å². The van der Waals surface area contributed by atoms with E-state index in [4.69, 9.17) is 0 Å². The number of hydrogen-bond donors (Lipinski definition) is 1. The monoisotopic (exact) mass is 535 g/mol. The van der Waals surface area contributed by atoms with E-state index in [-0.39, 0.29) is 30.3 Å². The Morgan fingerprint density at radius 3 is 2.18 bits per heavy atom. The first kappa shape index (κ1) is 28.6. The second kappa shape index (κ2) is 12.5. The molecule has 0 aromatic heterocycles. The number of likely N-dealkylation sites (N-methyl/N-ethyl adjacent to an activating group) is 1. The average Bonchev–Trinajstić information content (AvgIpc) is 2.89. The Morgan fingerprint density at radius 1 is 0.921 bits per heavy atom. The number of amides is 2. The van der Waals surface area contributed by atoms with Crippen LogP contribution < -0.4 is 9.62 Å². The van der Waals surface area contributed by atoms with Gasteiger partial charge in [-0.1, -0.05) is 66.7 Å². The molecular formula is C29H33N3O5S. The van der Waals surface area contributed by atoms with E-state index in [9.17, 15) is 22.8 Å². The molecule has 8 nitrogen and oxygen atoms in total. The van der Waals surface area contributed by atoms with Crippen LogP contribution in [0, 0.1) is 6.92 Å². The van der Waals surface area contributed by atoms with Crippen LogP contribution in [0.15, 0.2) is 78.9 Å². The van der Waals surface area contributed by atoms with E-state index in [2.05, 4.69) is 5.32 Å². The molecule has 0 aliphatic rings. The molecular weight excluding hydrogens is 502 g/mol. The van der Waals surface area contributed by atoms with Crippen molar-refractivity contribution in [2.24, 2.45) is 0 Å². The Hall–Kier alpha value is -3.98. The molecule has 0 heterocycles. The molecule has 3 rings (SSSR count). The predicted molar refractivity (Wildman–Crippen MR) is 148 cm³/mol. The van der Waals surface area contributed by atoms with Gasteiger partial charge in [0.2, 0.25) is 21.8 Å². The van der Waals surface area contributed by atoms with E-state index in [0.29, 0.717) is 5.56 Å². The van der Waals surface area contributed by atoms with Gasteiger partial charge in [0.25, 0.3) is 0 Å². The molecule has 200 valence electrons. The van der Waals surface area contributed by atoms with Crippen molar-refractivity contribution in [3.8, 4) is 0 Å². The van der Waals surface area contributed by atoms with Crippen molar-refractivity contribution in [1.29, 1.82) is 0 Å². The van der Waals surface area contributed by atoms with Gasteiger partial charge in [0.1, 0.15) is 12.6 Å². The molecule has 0 saturated heterocycles. The Kier molecular flexibility index (Phi) is 9.41. The normalized spacial score (nSPS) is 11.9. The number of carbonyl (C=O) groups is 3. The van der Waals surface area contributed by atoms with Gasteiger partial charge >= 0.3 is 0 Å². The number of hydrogen-bond acceptors (Lipinski definition) is 5. The molecule has 0 unspecified atom stereocenters. The Labute approximate surface area is 224 Å². The Bertz CT molecular complexity index is 1410. The lowest BCUT2D eigenvalue weighted by Gasteiger charge is -2.33. The number of anilines is 1. The van der Waals surface area contributed by atoms with Crippen LogP contribution in [-0.2, 0) is 32.6 Å². The maximum Gasteiger partial charge on any atom is 0.244 e. The van der Waals surface area contributed by atoms with Crippen LogP contribution in [-0.4, -0.2) is 56.8 Å². The summed E-state index contributed by atoms with van der Waals surface area (Å²) >= 11 is 0. The zero-order chi connectivity index (χ0) is 27.9. The minimum Gasteiger partial charge on any atom is -0.357 e. The fraction of sp³-hybridized carbons (Fsp3) is 0.276. The van der Waals surface area contributed by atoms with Crippen molar-refractivity contribution in [2.75, 3.05) is 24.2 Å². The summed E-state index contributed by atoms with van der Waals surface area (Å²) < 4.78 is 26.6. The smallest absolute Gasteiger partial charge is 0.244 e. The zero-order valence-electron chi connectivity index (χ0n) is 22.0. The lowest BCUT2D eigenvalue weighted by Crippen LogP contribution is -2.53. The van der Waals surface area contributed by atoms with Crippen LogP contribution in [0.2, 0.25) is 0 Å². The maximum absolute atomic E-state index is 13.9. The first-order valence-electron chi connectivity index (χ1n) is 12.2. The van der Waals surface area contributed by atoms with Gasteiger partial charge in [-0.25, -0.2) is 8.42 Å². The van der Waals surface area contributed by atoms with Crippen molar-refractivity contribution < 1.29 is 22.8 Å². The highest BCUT2D eigenvalue weighted by molar-refractivity contribution is 7.92. The lowest BCUT2D eigenvalue weighted by atomic mass is 10.0. The number of carbonyl (C=O) groups excluding carboxylic acids is 3. The van der Waals surface area contributed by atoms with E-state index in [1.165, 1.54) is 31.0 Å². The minimum atomic E-state index is -3.91. The average molecular weight is 536 g/mol. The molecule has 0 radical (unpaired) electrons. The van der Waals surface area contributed by atoms with E-state index in [1.54, 1.807) is 12.1 Å². The van der Waals surface area contributed by atoms with Crippen molar-refractivity contribution >= 4 is 33.3 Å². The van der Waals surface area contributed by atoms with Crippen LogP contribution in [0.1, 0.15) is 34.0 Å². The van der Waals surface area contributed by atoms with Crippen LogP contribution in [0.4, 0.5) is 5.69 Å². The summed E-state index contributed by atoms with van der Waals surface area (Å²) in [6.07, 6.45) is 1.25. The molecule has 9 heteroatoms. The van der Waals surface area contributed by atoms with Gasteiger partial charge in [-0.3, -0.25) is 18.7 Å². The summed E-state index contributed by atoms with van der Waals surface area (Å²) in [5.74, 6) is -1.13. The molecule has 0 spiro atoms. The van der Waals surface area contributed by atoms with Gasteiger partial charge in [-0.2, -0.15) is 0 Å². The molecule has 1 N–H and O–H groups in total. The minimum absolute atomic E-state index is 0.113. The van der Waals surface area contributed by atoms with Crippen molar-refractivity contribution in [3.63, 3.8) is 0 Å². The molecule has 0 aliphatic carbocycles. The van der Waals surface area contributed by atoms with E-state index < -0.39 is 28.5 Å². The number of nitrogens with zero attached hydrogens (tertiary/aromatic N) is 2. The van der Waals surface area contributed by atoms with Crippen LogP contribution in [0.3, 0.4) is 0 Å². The second-order valence-electron chi connectivity index (χ2n) is 9.14. The maximum atomic E-state index is 13.9. The number of nitrogens with one attached hydrogen (secondary N) is 1. The first-order chi connectivity index (χ1) is 18.0. The third-order valence-electron chi connectivity index (χ3n) is 6.34. The van der Waals surface area contributed by atoms with Crippen LogP contribution in [0.25, 0.3) is 0 Å². The topological polar surface area (TPSA) is 104 Å². The Morgan fingerprint density at radius 2 is 1.58 bits per heavy atom. The summed E-state index contributed by atoms with van der Waals surface area (Å²) in [5.41, 5.74) is 3.16. The van der Waals surface area contributed by atoms with E-state index >= 15 is 0 Å². The summed E-state index contributed by atoms with van der Waals surface area (Å²) in [7, 11) is -2.40. The van der Waals surface area contributed by atoms with Gasteiger partial charge in [0.05, 0.1) is 11.9 Å². The quantitative estimate of drug-likeness (QED) is 0.379. The molecule has 38 heavy (non-hydrogen) atoms. The largest absolute Gasteiger partial charge is 0.357 e. The van der Waals surface area contributed by atoms with Gasteiger partial charge in [0.15, 0.2) is 5.78 Å². The highest BCUT2D eigenvalue weighted by atomic mass is 32.2. The molecule has 2 amide bonds. The lowest BCUT2D eigenvalue weighted by molar-refractivity contribution is -0.139. The first-order valence-corrected chi connectivity index (χ1v) is 14.0. The van der Waals surface area contributed by atoms with Gasteiger partial charge in [-0.15, -0.1) is 0 Å². The molecule has 3 aromatic carbocycles. The SMILES string of the molecule is CNC(=O)[C@@H](Cc1ccccc1)N(Cc1ccccc1C)C(=O)CN(c1cccc(C(C)=O)c1)S(C)(=O)=O. The zero-order valence-corrected chi connectivity index (χ0v) is 22.9. The van der Waals surface area contributed by atoms with Gasteiger partial charge in [0, 0.05) is 25.6 Å². The summed E-state index contributed by atoms with van der Waals surface area (Å²) in [4.78, 5) is 40.4. The molecule has 1 atom stereocenters. The fourth-order valence-corrected chi connectivity index (χ4v) is 5.03. The highest BCUT2D eigenvalue weighted by Gasteiger charge is 2.32. The third kappa shape index (κ3) is 7.29. The van der Waals surface area contributed by atoms with Crippen LogP contribution >= 0.6 is 0 Å². The predicted octanol–water partition coefficient (Wildman–Crippen LogP) is 3.35. The number of sulfonamides is 1. The number of rotatable bonds is 11.